The van der Waals surface area contributed by atoms with Crippen LogP contribution in [-0.4, -0.2) is 13.9 Å². The first-order valence-corrected chi connectivity index (χ1v) is 6.24. The second kappa shape index (κ2) is 2.49. The van der Waals surface area contributed by atoms with Crippen LogP contribution >= 0.6 is 0 Å². The fourth-order valence-electron chi connectivity index (χ4n) is 0.898. The summed E-state index contributed by atoms with van der Waals surface area (Å²) in [7, 11) is 0. The number of hydrogen-bond acceptors (Lipinski definition) is 1. The second-order valence-corrected chi connectivity index (χ2v) is 5.93. The van der Waals surface area contributed by atoms with Crippen LogP contribution in [0.4, 0.5) is 0 Å². The SMILES string of the molecule is C1=C[SeH](c2ccco2)C=C1. The second-order valence-electron chi connectivity index (χ2n) is 2.04. The van der Waals surface area contributed by atoms with Crippen LogP contribution in [0.3, 0.4) is 0 Å². The van der Waals surface area contributed by atoms with E-state index in [9.17, 15) is 0 Å². The Labute approximate surface area is 63.9 Å². The van der Waals surface area contributed by atoms with Crippen LogP contribution < -0.4 is 4.66 Å². The molecule has 0 saturated heterocycles. The molecule has 2 heteroatoms. The van der Waals surface area contributed by atoms with E-state index in [-0.39, 0.29) is 0 Å². The summed E-state index contributed by atoms with van der Waals surface area (Å²) >= 11 is -0.983. The summed E-state index contributed by atoms with van der Waals surface area (Å²) in [5.74, 6) is 0. The molecule has 1 aliphatic rings. The molecule has 0 saturated carbocycles. The third kappa shape index (κ3) is 0.961. The van der Waals surface area contributed by atoms with Gasteiger partial charge in [0.15, 0.2) is 0 Å². The van der Waals surface area contributed by atoms with Crippen molar-refractivity contribution in [1.82, 2.24) is 0 Å². The van der Waals surface area contributed by atoms with Crippen molar-refractivity contribution in [2.24, 2.45) is 0 Å². The summed E-state index contributed by atoms with van der Waals surface area (Å²) in [4.78, 5) is 4.51. The maximum atomic E-state index is 5.28. The Morgan fingerprint density at radius 1 is 1.20 bits per heavy atom. The van der Waals surface area contributed by atoms with E-state index in [0.29, 0.717) is 0 Å². The molecule has 0 aromatic carbocycles. The monoisotopic (exact) mass is 200 g/mol. The zero-order valence-corrected chi connectivity index (χ0v) is 7.27. The van der Waals surface area contributed by atoms with Crippen LogP contribution in [0.5, 0.6) is 0 Å². The molecule has 0 amide bonds. The van der Waals surface area contributed by atoms with Gasteiger partial charge in [-0.25, -0.2) is 0 Å². The van der Waals surface area contributed by atoms with Gasteiger partial charge in [0.2, 0.25) is 0 Å². The molecule has 52 valence electrons. The van der Waals surface area contributed by atoms with Crippen LogP contribution in [0, 0.1) is 0 Å². The standard InChI is InChI=1S/C8H8OSe/c1-2-7-10(6-1)8-4-3-5-9-8/h1-7,10H. The molecule has 0 fully saturated rings. The first-order chi connectivity index (χ1) is 4.97. The van der Waals surface area contributed by atoms with Gasteiger partial charge in [0.05, 0.1) is 0 Å². The van der Waals surface area contributed by atoms with Gasteiger partial charge in [-0.3, -0.25) is 0 Å². The summed E-state index contributed by atoms with van der Waals surface area (Å²) in [5, 5.41) is 0. The third-order valence-electron chi connectivity index (χ3n) is 1.37. The zero-order chi connectivity index (χ0) is 6.81. The minimum atomic E-state index is -0.983. The Bertz CT molecular complexity index is 247. The Kier molecular flexibility index (Phi) is 1.50. The van der Waals surface area contributed by atoms with Crippen LogP contribution in [-0.2, 0) is 0 Å². The van der Waals surface area contributed by atoms with Gasteiger partial charge in [-0.05, 0) is 0 Å². The van der Waals surface area contributed by atoms with Crippen molar-refractivity contribution in [1.29, 1.82) is 0 Å². The summed E-state index contributed by atoms with van der Waals surface area (Å²) < 4.78 is 6.44. The van der Waals surface area contributed by atoms with Crippen molar-refractivity contribution >= 4 is 18.6 Å². The molecule has 1 aromatic rings. The van der Waals surface area contributed by atoms with Crippen LogP contribution in [0.1, 0.15) is 0 Å². The van der Waals surface area contributed by atoms with Crippen molar-refractivity contribution < 1.29 is 4.42 Å². The molecular formula is C8H8OSe. The molecule has 0 radical (unpaired) electrons. The summed E-state index contributed by atoms with van der Waals surface area (Å²) in [6.07, 6.45) is 5.94. The Balaban J connectivity index is 2.29. The zero-order valence-electron chi connectivity index (χ0n) is 5.40. The molecule has 0 atom stereocenters. The average Bonchev–Trinajstić information content (AvgIpc) is 2.59. The van der Waals surface area contributed by atoms with E-state index in [1.54, 1.807) is 6.26 Å². The molecule has 0 aliphatic carbocycles. The van der Waals surface area contributed by atoms with Gasteiger partial charge >= 0.3 is 63.5 Å². The summed E-state index contributed by atoms with van der Waals surface area (Å²) in [5.41, 5.74) is 0. The molecule has 1 aliphatic heterocycles. The molecule has 0 bridgehead atoms. The Morgan fingerprint density at radius 3 is 2.60 bits per heavy atom. The number of furan rings is 1. The number of allylic oxidation sites excluding steroid dienone is 2. The van der Waals surface area contributed by atoms with Gasteiger partial charge in [0.1, 0.15) is 0 Å². The molecule has 0 N–H and O–H groups in total. The predicted molar refractivity (Wildman–Crippen MR) is 43.8 cm³/mol. The van der Waals surface area contributed by atoms with Crippen LogP contribution in [0.2, 0.25) is 0 Å². The minimum absolute atomic E-state index is 0.983. The topological polar surface area (TPSA) is 13.1 Å². The molecule has 1 aromatic heterocycles. The molecule has 2 rings (SSSR count). The van der Waals surface area contributed by atoms with E-state index in [4.69, 9.17) is 4.42 Å². The van der Waals surface area contributed by atoms with E-state index < -0.39 is 13.9 Å². The molecule has 0 spiro atoms. The van der Waals surface area contributed by atoms with Crippen LogP contribution in [0.15, 0.2) is 44.9 Å². The predicted octanol–water partition coefficient (Wildman–Crippen LogP) is 0.918. The Hall–Kier alpha value is -0.721. The van der Waals surface area contributed by atoms with E-state index in [1.807, 2.05) is 6.07 Å². The third-order valence-corrected chi connectivity index (χ3v) is 5.04. The van der Waals surface area contributed by atoms with Crippen molar-refractivity contribution in [2.45, 2.75) is 0 Å². The van der Waals surface area contributed by atoms with Gasteiger partial charge in [-0.1, -0.05) is 0 Å². The summed E-state index contributed by atoms with van der Waals surface area (Å²) in [6.45, 7) is 0. The normalized spacial score (nSPS) is 18.6. The van der Waals surface area contributed by atoms with Gasteiger partial charge in [0, 0.05) is 0 Å². The number of hydrogen-bond donors (Lipinski definition) is 0. The fraction of sp³-hybridized carbons (Fsp3) is 0. The van der Waals surface area contributed by atoms with E-state index in [0.717, 1.165) is 4.66 Å². The quantitative estimate of drug-likeness (QED) is 0.613. The first kappa shape index (κ1) is 6.02. The van der Waals surface area contributed by atoms with Gasteiger partial charge < -0.3 is 0 Å². The van der Waals surface area contributed by atoms with Gasteiger partial charge in [-0.2, -0.15) is 0 Å². The average molecular weight is 199 g/mol. The molecule has 2 heterocycles. The summed E-state index contributed by atoms with van der Waals surface area (Å²) in [6, 6.07) is 4.00. The molecule has 10 heavy (non-hydrogen) atoms. The van der Waals surface area contributed by atoms with Crippen molar-refractivity contribution in [3.8, 4) is 0 Å². The molecule has 1 nitrogen and oxygen atoms in total. The van der Waals surface area contributed by atoms with E-state index in [2.05, 4.69) is 28.2 Å². The molecular weight excluding hydrogens is 191 g/mol. The first-order valence-electron chi connectivity index (χ1n) is 3.14. The Morgan fingerprint density at radius 2 is 2.00 bits per heavy atom. The van der Waals surface area contributed by atoms with Crippen molar-refractivity contribution in [3.05, 3.63) is 40.5 Å². The fourth-order valence-corrected chi connectivity index (χ4v) is 3.84. The van der Waals surface area contributed by atoms with Crippen molar-refractivity contribution in [3.63, 3.8) is 0 Å². The van der Waals surface area contributed by atoms with E-state index >= 15 is 0 Å². The molecule has 0 unspecified atom stereocenters. The number of rotatable bonds is 1. The van der Waals surface area contributed by atoms with Gasteiger partial charge in [0.25, 0.3) is 0 Å². The van der Waals surface area contributed by atoms with Crippen molar-refractivity contribution in [2.75, 3.05) is 0 Å². The van der Waals surface area contributed by atoms with Gasteiger partial charge in [-0.15, -0.1) is 0 Å². The maximum absolute atomic E-state index is 5.28. The van der Waals surface area contributed by atoms with Crippen LogP contribution in [0.25, 0.3) is 0 Å². The van der Waals surface area contributed by atoms with E-state index in [1.165, 1.54) is 0 Å².